The van der Waals surface area contributed by atoms with Crippen LogP contribution in [0.3, 0.4) is 0 Å². The monoisotopic (exact) mass is 419 g/mol. The van der Waals surface area contributed by atoms with Crippen molar-refractivity contribution in [2.24, 2.45) is 5.92 Å². The van der Waals surface area contributed by atoms with E-state index in [-0.39, 0.29) is 30.2 Å². The minimum atomic E-state index is -0.360. The van der Waals surface area contributed by atoms with E-state index in [2.05, 4.69) is 26.4 Å². The molecule has 2 aromatic rings. The number of nitrogens with one attached hydrogen (secondary N) is 1. The van der Waals surface area contributed by atoms with Crippen LogP contribution in [-0.2, 0) is 9.59 Å². The number of carbonyl (C=O) groups excluding carboxylic acids is 2. The molecular formula is C19H22BrN3O3. The number of aromatic nitrogens is 1. The molecule has 7 heteroatoms. The molecule has 2 heterocycles. The Morgan fingerprint density at radius 1 is 1.38 bits per heavy atom. The summed E-state index contributed by atoms with van der Waals surface area (Å²) in [4.78, 5) is 26.8. The second-order valence-corrected chi connectivity index (χ2v) is 7.50. The van der Waals surface area contributed by atoms with Crippen LogP contribution in [-0.4, -0.2) is 23.5 Å². The van der Waals surface area contributed by atoms with Crippen LogP contribution in [0.15, 0.2) is 33.3 Å². The number of nitrogens with zero attached hydrogens (tertiary/aromatic N) is 2. The summed E-state index contributed by atoms with van der Waals surface area (Å²) in [5.74, 6) is 0.219. The Labute approximate surface area is 161 Å². The number of rotatable bonds is 5. The Hall–Kier alpha value is -2.15. The van der Waals surface area contributed by atoms with Crippen molar-refractivity contribution in [3.8, 4) is 0 Å². The van der Waals surface area contributed by atoms with Gasteiger partial charge in [0.2, 0.25) is 11.8 Å². The molecule has 3 rings (SSSR count). The quantitative estimate of drug-likeness (QED) is 0.801. The van der Waals surface area contributed by atoms with E-state index in [1.807, 2.05) is 45.0 Å². The van der Waals surface area contributed by atoms with Gasteiger partial charge in [0, 0.05) is 28.7 Å². The van der Waals surface area contributed by atoms with Gasteiger partial charge in [-0.05, 0) is 44.5 Å². The second kappa shape index (κ2) is 7.61. The summed E-state index contributed by atoms with van der Waals surface area (Å²) in [6, 6.07) is 7.37. The number of halogens is 1. The molecule has 0 saturated carbocycles. The average molecular weight is 420 g/mol. The van der Waals surface area contributed by atoms with Crippen LogP contribution >= 0.6 is 15.9 Å². The second-order valence-electron chi connectivity index (χ2n) is 6.59. The van der Waals surface area contributed by atoms with E-state index < -0.39 is 0 Å². The van der Waals surface area contributed by atoms with Gasteiger partial charge in [0.15, 0.2) is 0 Å². The number of benzene rings is 1. The van der Waals surface area contributed by atoms with E-state index >= 15 is 0 Å². The molecule has 1 saturated heterocycles. The molecule has 1 fully saturated rings. The number of carbonyl (C=O) groups is 2. The van der Waals surface area contributed by atoms with Crippen molar-refractivity contribution in [3.05, 3.63) is 45.8 Å². The summed E-state index contributed by atoms with van der Waals surface area (Å²) >= 11 is 3.39. The average Bonchev–Trinajstić information content (AvgIpc) is 3.16. The summed E-state index contributed by atoms with van der Waals surface area (Å²) in [5, 5.41) is 7.04. The van der Waals surface area contributed by atoms with Gasteiger partial charge in [-0.2, -0.15) is 0 Å². The standard InChI is InChI=1S/C19H22BrN3O3/c1-4-16(18-11(2)22-26-12(18)3)21-19(25)13-9-17(24)23(10-13)15-7-5-14(20)6-8-15/h5-8,13,16H,4,9-10H2,1-3H3,(H,21,25)/t13-,16-/m1/s1. The zero-order valence-electron chi connectivity index (χ0n) is 15.1. The molecule has 0 aliphatic carbocycles. The molecule has 1 aliphatic rings. The van der Waals surface area contributed by atoms with Crippen molar-refractivity contribution in [1.29, 1.82) is 0 Å². The highest BCUT2D eigenvalue weighted by Crippen LogP contribution is 2.28. The predicted molar refractivity (Wildman–Crippen MR) is 102 cm³/mol. The Morgan fingerprint density at radius 3 is 2.65 bits per heavy atom. The fourth-order valence-corrected chi connectivity index (χ4v) is 3.67. The molecule has 1 aliphatic heterocycles. The first-order valence-corrected chi connectivity index (χ1v) is 9.49. The van der Waals surface area contributed by atoms with Crippen LogP contribution in [0.25, 0.3) is 0 Å². The van der Waals surface area contributed by atoms with Gasteiger partial charge >= 0.3 is 0 Å². The summed E-state index contributed by atoms with van der Waals surface area (Å²) in [6.45, 7) is 6.11. The van der Waals surface area contributed by atoms with Gasteiger partial charge < -0.3 is 14.7 Å². The van der Waals surface area contributed by atoms with Crippen molar-refractivity contribution in [1.82, 2.24) is 10.5 Å². The van der Waals surface area contributed by atoms with Gasteiger partial charge in [-0.3, -0.25) is 9.59 Å². The molecule has 138 valence electrons. The first-order valence-electron chi connectivity index (χ1n) is 8.69. The Kier molecular flexibility index (Phi) is 5.46. The van der Waals surface area contributed by atoms with Gasteiger partial charge in [0.1, 0.15) is 5.76 Å². The lowest BCUT2D eigenvalue weighted by Crippen LogP contribution is -2.35. The Morgan fingerprint density at radius 2 is 2.08 bits per heavy atom. The predicted octanol–water partition coefficient (Wildman–Crippen LogP) is 3.67. The Bertz CT molecular complexity index is 796. The van der Waals surface area contributed by atoms with E-state index in [9.17, 15) is 9.59 Å². The van der Waals surface area contributed by atoms with Crippen LogP contribution in [0.5, 0.6) is 0 Å². The van der Waals surface area contributed by atoms with Crippen LogP contribution in [0.2, 0.25) is 0 Å². The maximum absolute atomic E-state index is 12.8. The number of aryl methyl sites for hydroxylation is 2. The molecule has 0 unspecified atom stereocenters. The van der Waals surface area contributed by atoms with Crippen molar-refractivity contribution in [2.45, 2.75) is 39.7 Å². The SMILES string of the molecule is CC[C@@H](NC(=O)[C@@H]1CC(=O)N(c2ccc(Br)cc2)C1)c1c(C)noc1C. The lowest BCUT2D eigenvalue weighted by atomic mass is 10.0. The smallest absolute Gasteiger partial charge is 0.227 e. The molecule has 1 aromatic carbocycles. The van der Waals surface area contributed by atoms with E-state index in [1.165, 1.54) is 0 Å². The maximum atomic E-state index is 12.8. The summed E-state index contributed by atoms with van der Waals surface area (Å²) < 4.78 is 6.17. The zero-order chi connectivity index (χ0) is 18.8. The van der Waals surface area contributed by atoms with Crippen molar-refractivity contribution >= 4 is 33.4 Å². The van der Waals surface area contributed by atoms with Crippen molar-refractivity contribution in [3.63, 3.8) is 0 Å². The van der Waals surface area contributed by atoms with Gasteiger partial charge in [-0.15, -0.1) is 0 Å². The molecule has 6 nitrogen and oxygen atoms in total. The van der Waals surface area contributed by atoms with E-state index in [1.54, 1.807) is 4.90 Å². The highest BCUT2D eigenvalue weighted by atomic mass is 79.9. The zero-order valence-corrected chi connectivity index (χ0v) is 16.7. The molecular weight excluding hydrogens is 398 g/mol. The lowest BCUT2D eigenvalue weighted by Gasteiger charge is -2.20. The number of anilines is 1. The number of hydrogen-bond donors (Lipinski definition) is 1. The molecule has 0 bridgehead atoms. The first-order chi connectivity index (χ1) is 12.4. The largest absolute Gasteiger partial charge is 0.361 e. The highest BCUT2D eigenvalue weighted by molar-refractivity contribution is 9.10. The van der Waals surface area contributed by atoms with Crippen molar-refractivity contribution < 1.29 is 14.1 Å². The minimum Gasteiger partial charge on any atom is -0.361 e. The van der Waals surface area contributed by atoms with Gasteiger partial charge in [0.25, 0.3) is 0 Å². The fourth-order valence-electron chi connectivity index (χ4n) is 3.41. The normalized spacial score (nSPS) is 18.2. The van der Waals surface area contributed by atoms with Crippen LogP contribution in [0, 0.1) is 19.8 Å². The molecule has 2 amide bonds. The summed E-state index contributed by atoms with van der Waals surface area (Å²) in [5.41, 5.74) is 2.52. The third-order valence-electron chi connectivity index (χ3n) is 4.80. The molecule has 1 N–H and O–H groups in total. The number of hydrogen-bond acceptors (Lipinski definition) is 4. The van der Waals surface area contributed by atoms with Gasteiger partial charge in [0.05, 0.1) is 17.7 Å². The van der Waals surface area contributed by atoms with E-state index in [4.69, 9.17) is 4.52 Å². The molecule has 26 heavy (non-hydrogen) atoms. The van der Waals surface area contributed by atoms with E-state index in [0.29, 0.717) is 12.3 Å². The molecule has 1 aromatic heterocycles. The number of amides is 2. The maximum Gasteiger partial charge on any atom is 0.227 e. The van der Waals surface area contributed by atoms with Crippen LogP contribution in [0.4, 0.5) is 5.69 Å². The van der Waals surface area contributed by atoms with Crippen LogP contribution < -0.4 is 10.2 Å². The third kappa shape index (κ3) is 3.67. The topological polar surface area (TPSA) is 75.4 Å². The minimum absolute atomic E-state index is 0.0298. The van der Waals surface area contributed by atoms with Gasteiger partial charge in [-0.25, -0.2) is 0 Å². The van der Waals surface area contributed by atoms with Gasteiger partial charge in [-0.1, -0.05) is 28.0 Å². The van der Waals surface area contributed by atoms with Crippen LogP contribution in [0.1, 0.15) is 42.8 Å². The molecule has 0 spiro atoms. The van der Waals surface area contributed by atoms with Crippen molar-refractivity contribution in [2.75, 3.05) is 11.4 Å². The summed E-state index contributed by atoms with van der Waals surface area (Å²) in [6.07, 6.45) is 0.950. The highest BCUT2D eigenvalue weighted by Gasteiger charge is 2.36. The van der Waals surface area contributed by atoms with E-state index in [0.717, 1.165) is 27.8 Å². The fraction of sp³-hybridized carbons (Fsp3) is 0.421. The summed E-state index contributed by atoms with van der Waals surface area (Å²) in [7, 11) is 0. The molecule has 2 atom stereocenters. The Balaban J connectivity index is 1.70. The molecule has 0 radical (unpaired) electrons. The lowest BCUT2D eigenvalue weighted by molar-refractivity contribution is -0.127. The first kappa shape index (κ1) is 18.6. The third-order valence-corrected chi connectivity index (χ3v) is 5.32.